The minimum Gasteiger partial charge on any atom is -0.467 e. The molecule has 1 N–H and O–H groups in total. The van der Waals surface area contributed by atoms with E-state index in [2.05, 4.69) is 17.2 Å². The molecule has 6 nitrogen and oxygen atoms in total. The van der Waals surface area contributed by atoms with Crippen molar-refractivity contribution in [3.8, 4) is 5.82 Å². The van der Waals surface area contributed by atoms with E-state index in [4.69, 9.17) is 4.74 Å². The van der Waals surface area contributed by atoms with Crippen LogP contribution in [0.3, 0.4) is 0 Å². The van der Waals surface area contributed by atoms with E-state index in [-0.39, 0.29) is 11.9 Å². The van der Waals surface area contributed by atoms with Gasteiger partial charge in [-0.2, -0.15) is 0 Å². The van der Waals surface area contributed by atoms with Crippen molar-refractivity contribution in [2.75, 3.05) is 7.11 Å². The molecule has 1 aliphatic carbocycles. The Morgan fingerprint density at radius 1 is 1.26 bits per heavy atom. The fourth-order valence-corrected chi connectivity index (χ4v) is 3.95. The van der Waals surface area contributed by atoms with Crippen molar-refractivity contribution in [3.05, 3.63) is 47.4 Å². The molecule has 2 heterocycles. The summed E-state index contributed by atoms with van der Waals surface area (Å²) < 4.78 is 6.97. The summed E-state index contributed by atoms with van der Waals surface area (Å²) in [5.41, 5.74) is 1.33. The fourth-order valence-electron chi connectivity index (χ4n) is 3.95. The Labute approximate surface area is 159 Å². The first kappa shape index (κ1) is 19.1. The van der Waals surface area contributed by atoms with Gasteiger partial charge in [-0.25, -0.2) is 9.78 Å². The van der Waals surface area contributed by atoms with E-state index in [1.807, 2.05) is 42.7 Å². The highest BCUT2D eigenvalue weighted by Crippen LogP contribution is 2.33. The maximum Gasteiger partial charge on any atom is 0.331 e. The van der Waals surface area contributed by atoms with E-state index in [0.29, 0.717) is 24.3 Å². The predicted molar refractivity (Wildman–Crippen MR) is 103 cm³/mol. The van der Waals surface area contributed by atoms with Gasteiger partial charge in [-0.1, -0.05) is 13.0 Å². The molecule has 0 aliphatic heterocycles. The number of carbonyl (C=O) groups is 2. The lowest BCUT2D eigenvalue weighted by Crippen LogP contribution is -2.56. The second-order valence-corrected chi connectivity index (χ2v) is 7.52. The quantitative estimate of drug-likeness (QED) is 0.839. The zero-order valence-corrected chi connectivity index (χ0v) is 16.4. The van der Waals surface area contributed by atoms with Crippen molar-refractivity contribution < 1.29 is 14.3 Å². The summed E-state index contributed by atoms with van der Waals surface area (Å²) >= 11 is 0. The highest BCUT2D eigenvalue weighted by atomic mass is 16.5. The maximum absolute atomic E-state index is 13.1. The predicted octanol–water partition coefficient (Wildman–Crippen LogP) is 3.34. The number of nitrogens with zero attached hydrogens (tertiary/aromatic N) is 2. The average molecular weight is 369 g/mol. The number of nitrogens with one attached hydrogen (secondary N) is 1. The number of esters is 1. The Kier molecular flexibility index (Phi) is 5.35. The van der Waals surface area contributed by atoms with Gasteiger partial charge in [-0.15, -0.1) is 0 Å². The molecular formula is C21H27N3O3. The molecule has 1 saturated carbocycles. The molecule has 2 aromatic rings. The lowest BCUT2D eigenvalue weighted by Gasteiger charge is -2.37. The highest BCUT2D eigenvalue weighted by Gasteiger charge is 2.43. The fraction of sp³-hybridized carbons (Fsp3) is 0.476. The van der Waals surface area contributed by atoms with E-state index >= 15 is 0 Å². The van der Waals surface area contributed by atoms with Crippen molar-refractivity contribution in [3.63, 3.8) is 0 Å². The largest absolute Gasteiger partial charge is 0.467 e. The van der Waals surface area contributed by atoms with Crippen LogP contribution in [0.15, 0.2) is 30.5 Å². The first-order valence-corrected chi connectivity index (χ1v) is 9.39. The highest BCUT2D eigenvalue weighted by molar-refractivity contribution is 5.99. The summed E-state index contributed by atoms with van der Waals surface area (Å²) in [6.45, 7) is 6.00. The topological polar surface area (TPSA) is 73.2 Å². The van der Waals surface area contributed by atoms with Crippen LogP contribution in [0, 0.1) is 19.8 Å². The van der Waals surface area contributed by atoms with Crippen LogP contribution in [0.25, 0.3) is 5.82 Å². The van der Waals surface area contributed by atoms with Gasteiger partial charge in [0, 0.05) is 17.6 Å². The molecule has 0 atom stereocenters. The van der Waals surface area contributed by atoms with E-state index in [0.717, 1.165) is 30.0 Å². The molecule has 0 saturated heterocycles. The van der Waals surface area contributed by atoms with E-state index in [1.54, 1.807) is 6.20 Å². The Balaban J connectivity index is 1.91. The van der Waals surface area contributed by atoms with Gasteiger partial charge in [0.05, 0.1) is 12.7 Å². The molecule has 1 fully saturated rings. The number of hydrogen-bond donors (Lipinski definition) is 1. The Hall–Kier alpha value is -2.63. The van der Waals surface area contributed by atoms with Gasteiger partial charge in [0.2, 0.25) is 0 Å². The van der Waals surface area contributed by atoms with Gasteiger partial charge < -0.3 is 14.6 Å². The zero-order chi connectivity index (χ0) is 19.6. The van der Waals surface area contributed by atoms with Gasteiger partial charge in [0.25, 0.3) is 5.91 Å². The zero-order valence-electron chi connectivity index (χ0n) is 16.4. The maximum atomic E-state index is 13.1. The summed E-state index contributed by atoms with van der Waals surface area (Å²) in [6, 6.07) is 7.52. The third-order valence-electron chi connectivity index (χ3n) is 5.61. The summed E-state index contributed by atoms with van der Waals surface area (Å²) in [6.07, 6.45) is 4.71. The molecule has 0 unspecified atom stereocenters. The standard InChI is InChI=1S/C21H27N3O3/c1-14-8-10-21(11-9-14,20(26)27-4)23-19(25)17-13-15(2)24(16(17)3)18-7-5-6-12-22-18/h5-7,12-14H,8-11H2,1-4H3,(H,23,25). The number of amides is 1. The van der Waals surface area contributed by atoms with Gasteiger partial charge in [0.1, 0.15) is 11.4 Å². The molecule has 0 aromatic carbocycles. The Morgan fingerprint density at radius 2 is 1.96 bits per heavy atom. The van der Waals surface area contributed by atoms with Crippen molar-refractivity contribution in [1.82, 2.24) is 14.9 Å². The lowest BCUT2D eigenvalue weighted by atomic mass is 9.77. The van der Waals surface area contributed by atoms with Crippen LogP contribution in [-0.2, 0) is 9.53 Å². The number of ether oxygens (including phenoxy) is 1. The van der Waals surface area contributed by atoms with E-state index < -0.39 is 5.54 Å². The summed E-state index contributed by atoms with van der Waals surface area (Å²) in [7, 11) is 1.38. The number of aromatic nitrogens is 2. The van der Waals surface area contributed by atoms with Crippen LogP contribution in [0.5, 0.6) is 0 Å². The molecule has 1 aliphatic rings. The van der Waals surface area contributed by atoms with Crippen LogP contribution < -0.4 is 5.32 Å². The molecule has 144 valence electrons. The normalized spacial score (nSPS) is 22.3. The van der Waals surface area contributed by atoms with Crippen LogP contribution in [0.1, 0.15) is 54.4 Å². The summed E-state index contributed by atoms with van der Waals surface area (Å²) in [4.78, 5) is 30.0. The van der Waals surface area contributed by atoms with Crippen molar-refractivity contribution in [2.45, 2.75) is 52.0 Å². The second kappa shape index (κ2) is 7.55. The van der Waals surface area contributed by atoms with Crippen LogP contribution >= 0.6 is 0 Å². The number of hydrogen-bond acceptors (Lipinski definition) is 4. The van der Waals surface area contributed by atoms with Gasteiger partial charge in [-0.05, 0) is 63.6 Å². The summed E-state index contributed by atoms with van der Waals surface area (Å²) in [5.74, 6) is 0.709. The molecule has 6 heteroatoms. The Bertz CT molecular complexity index is 834. The first-order valence-electron chi connectivity index (χ1n) is 9.39. The van der Waals surface area contributed by atoms with Gasteiger partial charge in [0.15, 0.2) is 0 Å². The molecular weight excluding hydrogens is 342 g/mol. The van der Waals surface area contributed by atoms with Gasteiger partial charge in [-0.3, -0.25) is 4.79 Å². The third kappa shape index (κ3) is 3.61. The molecule has 2 aromatic heterocycles. The SMILES string of the molecule is COC(=O)C1(NC(=O)c2cc(C)n(-c3ccccn3)c2C)CCC(C)CC1. The van der Waals surface area contributed by atoms with Crippen LogP contribution in [0.2, 0.25) is 0 Å². The molecule has 27 heavy (non-hydrogen) atoms. The lowest BCUT2D eigenvalue weighted by molar-refractivity contribution is -0.150. The summed E-state index contributed by atoms with van der Waals surface area (Å²) in [5, 5.41) is 3.01. The van der Waals surface area contributed by atoms with Crippen LogP contribution in [-0.4, -0.2) is 34.1 Å². The monoisotopic (exact) mass is 369 g/mol. The molecule has 1 amide bonds. The minimum atomic E-state index is -0.939. The van der Waals surface area contributed by atoms with Crippen molar-refractivity contribution >= 4 is 11.9 Å². The number of rotatable bonds is 4. The number of carbonyl (C=O) groups excluding carboxylic acids is 2. The third-order valence-corrected chi connectivity index (χ3v) is 5.61. The molecule has 0 radical (unpaired) electrons. The smallest absolute Gasteiger partial charge is 0.331 e. The minimum absolute atomic E-state index is 0.245. The van der Waals surface area contributed by atoms with Crippen molar-refractivity contribution in [1.29, 1.82) is 0 Å². The van der Waals surface area contributed by atoms with Crippen LogP contribution in [0.4, 0.5) is 0 Å². The van der Waals surface area contributed by atoms with E-state index in [1.165, 1.54) is 7.11 Å². The van der Waals surface area contributed by atoms with Gasteiger partial charge >= 0.3 is 5.97 Å². The first-order chi connectivity index (χ1) is 12.9. The molecule has 0 spiro atoms. The van der Waals surface area contributed by atoms with E-state index in [9.17, 15) is 9.59 Å². The number of methoxy groups -OCH3 is 1. The number of pyridine rings is 1. The second-order valence-electron chi connectivity index (χ2n) is 7.52. The molecule has 0 bridgehead atoms. The average Bonchev–Trinajstić information content (AvgIpc) is 2.98. The van der Waals surface area contributed by atoms with Crippen molar-refractivity contribution in [2.24, 2.45) is 5.92 Å². The Morgan fingerprint density at radius 3 is 2.56 bits per heavy atom. The number of aryl methyl sites for hydroxylation is 1. The molecule has 3 rings (SSSR count).